The number of carbonyl (C=O) groups is 2. The minimum Gasteiger partial charge on any atom is -0.481 e. The summed E-state index contributed by atoms with van der Waals surface area (Å²) < 4.78 is 6.29. The average Bonchev–Trinajstić information content (AvgIpc) is 3.18. The maximum atomic E-state index is 13.4. The number of aliphatic hydroxyl groups is 2. The van der Waals surface area contributed by atoms with Crippen molar-refractivity contribution >= 4 is 11.9 Å². The van der Waals surface area contributed by atoms with Crippen LogP contribution in [0.5, 0.6) is 0 Å². The number of carboxylic acid groups (broad SMARTS) is 1. The topological polar surface area (TPSA) is 104 Å². The second-order valence-electron chi connectivity index (χ2n) is 14.9. The van der Waals surface area contributed by atoms with Gasteiger partial charge in [0.2, 0.25) is 0 Å². The molecule has 4 fully saturated rings. The molecule has 0 radical (unpaired) electrons. The second kappa shape index (κ2) is 10.8. The van der Waals surface area contributed by atoms with Gasteiger partial charge < -0.3 is 20.1 Å². The van der Waals surface area contributed by atoms with Gasteiger partial charge in [0.15, 0.2) is 0 Å². The van der Waals surface area contributed by atoms with E-state index >= 15 is 0 Å². The van der Waals surface area contributed by atoms with E-state index in [4.69, 9.17) is 4.74 Å². The van der Waals surface area contributed by atoms with Crippen LogP contribution in [0, 0.1) is 51.8 Å². The summed E-state index contributed by atoms with van der Waals surface area (Å²) in [5.74, 6) is -1.92. The fourth-order valence-electron chi connectivity index (χ4n) is 10.7. The van der Waals surface area contributed by atoms with Gasteiger partial charge in [0.05, 0.1) is 23.7 Å². The van der Waals surface area contributed by atoms with Gasteiger partial charge in [-0.25, -0.2) is 4.79 Å². The molecule has 0 aliphatic heterocycles. The standard InChI is InChI=1S/C35H50O6/c1-20(2)12-13-23(31(38)39)29-25-18-27(37)30-33(4)16-15-26(36)21(3)24(33)14-17-34(30,5)35(25,6)19-28(29)41-32(40)22-10-8-7-9-11-22/h7-12,21,23-30,36-37H,13-19H2,1-6H3,(H,38,39)/t21-,23+,24?,25?,26+,27+,28-,29+,30?,33-,34-,35-/m0/s1. The molecule has 0 aromatic heterocycles. The van der Waals surface area contributed by atoms with E-state index < -0.39 is 36.0 Å². The third kappa shape index (κ3) is 4.77. The zero-order chi connectivity index (χ0) is 29.9. The van der Waals surface area contributed by atoms with Gasteiger partial charge in [-0.05, 0) is 111 Å². The molecule has 4 aliphatic carbocycles. The molecule has 0 spiro atoms. The van der Waals surface area contributed by atoms with Crippen LogP contribution in [0.2, 0.25) is 0 Å². The molecule has 6 heteroatoms. The number of ether oxygens (including phenoxy) is 1. The molecule has 3 unspecified atom stereocenters. The van der Waals surface area contributed by atoms with Crippen molar-refractivity contribution in [1.29, 1.82) is 0 Å². The minimum atomic E-state index is -0.870. The summed E-state index contributed by atoms with van der Waals surface area (Å²) in [4.78, 5) is 26.3. The summed E-state index contributed by atoms with van der Waals surface area (Å²) in [5.41, 5.74) is 0.852. The number of carboxylic acids is 1. The molecule has 41 heavy (non-hydrogen) atoms. The number of aliphatic carboxylic acids is 1. The fourth-order valence-corrected chi connectivity index (χ4v) is 10.7. The lowest BCUT2D eigenvalue weighted by Gasteiger charge is -2.69. The Labute approximate surface area is 245 Å². The molecule has 4 saturated carbocycles. The van der Waals surface area contributed by atoms with E-state index in [0.29, 0.717) is 30.7 Å². The van der Waals surface area contributed by atoms with E-state index in [1.807, 2.05) is 38.1 Å². The molecule has 0 amide bonds. The lowest BCUT2D eigenvalue weighted by molar-refractivity contribution is -0.240. The molecule has 0 heterocycles. The predicted octanol–water partition coefficient (Wildman–Crippen LogP) is 6.51. The Bertz CT molecular complexity index is 1170. The summed E-state index contributed by atoms with van der Waals surface area (Å²) in [5, 5.41) is 33.3. The summed E-state index contributed by atoms with van der Waals surface area (Å²) in [6.07, 6.45) is 5.57. The number of carbonyl (C=O) groups excluding carboxylic acids is 1. The van der Waals surface area contributed by atoms with E-state index in [-0.39, 0.29) is 40.1 Å². The van der Waals surface area contributed by atoms with Crippen LogP contribution in [0.3, 0.4) is 0 Å². The fraction of sp³-hybridized carbons (Fsp3) is 0.714. The molecular weight excluding hydrogens is 516 g/mol. The smallest absolute Gasteiger partial charge is 0.338 e. The largest absolute Gasteiger partial charge is 0.481 e. The number of esters is 1. The van der Waals surface area contributed by atoms with Crippen LogP contribution in [0.25, 0.3) is 0 Å². The van der Waals surface area contributed by atoms with E-state index in [1.165, 1.54) is 0 Å². The number of hydrogen-bond acceptors (Lipinski definition) is 5. The van der Waals surface area contributed by atoms with Crippen LogP contribution in [0.4, 0.5) is 0 Å². The number of hydrogen-bond donors (Lipinski definition) is 3. The highest BCUT2D eigenvalue weighted by atomic mass is 16.5. The van der Waals surface area contributed by atoms with Crippen molar-refractivity contribution in [3.8, 4) is 0 Å². The van der Waals surface area contributed by atoms with Crippen molar-refractivity contribution in [1.82, 2.24) is 0 Å². The third-order valence-electron chi connectivity index (χ3n) is 12.8. The molecule has 0 saturated heterocycles. The number of fused-ring (bicyclic) bond motifs is 5. The Morgan fingerprint density at radius 1 is 1.00 bits per heavy atom. The van der Waals surface area contributed by atoms with Crippen LogP contribution < -0.4 is 0 Å². The van der Waals surface area contributed by atoms with E-state index in [2.05, 4.69) is 27.7 Å². The first-order chi connectivity index (χ1) is 19.2. The van der Waals surface area contributed by atoms with Crippen molar-refractivity contribution < 1.29 is 29.6 Å². The number of allylic oxidation sites excluding steroid dienone is 2. The predicted molar refractivity (Wildman–Crippen MR) is 158 cm³/mol. The average molecular weight is 567 g/mol. The number of rotatable bonds is 6. The molecule has 1 aromatic carbocycles. The van der Waals surface area contributed by atoms with Crippen LogP contribution in [0.15, 0.2) is 42.0 Å². The maximum absolute atomic E-state index is 13.4. The van der Waals surface area contributed by atoms with Gasteiger partial charge in [0.1, 0.15) is 6.10 Å². The minimum absolute atomic E-state index is 0.0373. The molecule has 226 valence electrons. The van der Waals surface area contributed by atoms with E-state index in [9.17, 15) is 24.9 Å². The highest BCUT2D eigenvalue weighted by Crippen LogP contribution is 2.74. The van der Waals surface area contributed by atoms with Crippen molar-refractivity contribution in [2.75, 3.05) is 0 Å². The molecule has 12 atom stereocenters. The second-order valence-corrected chi connectivity index (χ2v) is 14.9. The van der Waals surface area contributed by atoms with Crippen LogP contribution in [-0.4, -0.2) is 45.6 Å². The number of aliphatic hydroxyl groups excluding tert-OH is 2. The van der Waals surface area contributed by atoms with Crippen molar-refractivity contribution in [2.24, 2.45) is 51.8 Å². The van der Waals surface area contributed by atoms with Gasteiger partial charge in [-0.15, -0.1) is 0 Å². The monoisotopic (exact) mass is 566 g/mol. The van der Waals surface area contributed by atoms with E-state index in [0.717, 1.165) is 31.3 Å². The van der Waals surface area contributed by atoms with E-state index in [1.54, 1.807) is 12.1 Å². The molecule has 3 N–H and O–H groups in total. The first kappa shape index (κ1) is 30.3. The summed E-state index contributed by atoms with van der Waals surface area (Å²) in [6, 6.07) is 8.94. The maximum Gasteiger partial charge on any atom is 0.338 e. The quantitative estimate of drug-likeness (QED) is 0.268. The lowest BCUT2D eigenvalue weighted by atomic mass is 9.36. The zero-order valence-corrected chi connectivity index (χ0v) is 25.7. The first-order valence-electron chi connectivity index (χ1n) is 15.7. The van der Waals surface area contributed by atoms with Crippen molar-refractivity contribution in [2.45, 2.75) is 105 Å². The molecular formula is C35H50O6. The molecule has 0 bridgehead atoms. The molecule has 1 aromatic rings. The SMILES string of the molecule is CC(C)=CC[C@@H](C(=O)O)[C@@H]1C2C[C@@H](O)C3[C@@]4(C)CC[C@@H](O)[C@@H](C)C4CC[C@]3(C)[C@@]2(C)C[C@@H]1OC(=O)c1ccccc1. The summed E-state index contributed by atoms with van der Waals surface area (Å²) in [7, 11) is 0. The Morgan fingerprint density at radius 2 is 1.68 bits per heavy atom. The lowest BCUT2D eigenvalue weighted by Crippen LogP contribution is -2.66. The van der Waals surface area contributed by atoms with Gasteiger partial charge in [0.25, 0.3) is 0 Å². The third-order valence-corrected chi connectivity index (χ3v) is 12.8. The Kier molecular flexibility index (Phi) is 8.00. The molecule has 6 nitrogen and oxygen atoms in total. The Hall–Kier alpha value is -2.18. The molecule has 5 rings (SSSR count). The Morgan fingerprint density at radius 3 is 2.32 bits per heavy atom. The van der Waals surface area contributed by atoms with Gasteiger partial charge in [-0.3, -0.25) is 4.79 Å². The van der Waals surface area contributed by atoms with Gasteiger partial charge in [-0.1, -0.05) is 57.5 Å². The zero-order valence-electron chi connectivity index (χ0n) is 25.7. The van der Waals surface area contributed by atoms with Gasteiger partial charge in [0, 0.05) is 5.92 Å². The number of benzene rings is 1. The van der Waals surface area contributed by atoms with Crippen molar-refractivity contribution in [3.05, 3.63) is 47.5 Å². The van der Waals surface area contributed by atoms with Crippen LogP contribution in [-0.2, 0) is 9.53 Å². The highest BCUT2D eigenvalue weighted by Gasteiger charge is 2.72. The normalized spacial score (nSPS) is 44.1. The molecule has 4 aliphatic rings. The summed E-state index contributed by atoms with van der Waals surface area (Å²) >= 11 is 0. The van der Waals surface area contributed by atoms with Crippen LogP contribution >= 0.6 is 0 Å². The van der Waals surface area contributed by atoms with Gasteiger partial charge in [-0.2, -0.15) is 0 Å². The van der Waals surface area contributed by atoms with Crippen LogP contribution in [0.1, 0.15) is 96.8 Å². The Balaban J connectivity index is 1.57. The highest BCUT2D eigenvalue weighted by molar-refractivity contribution is 5.89. The van der Waals surface area contributed by atoms with Gasteiger partial charge >= 0.3 is 11.9 Å². The van der Waals surface area contributed by atoms with Crippen molar-refractivity contribution in [3.63, 3.8) is 0 Å². The first-order valence-corrected chi connectivity index (χ1v) is 15.7. The summed E-state index contributed by atoms with van der Waals surface area (Å²) in [6.45, 7) is 13.1.